The molecule has 3 saturated heterocycles. The van der Waals surface area contributed by atoms with Gasteiger partial charge >= 0.3 is 0 Å². The summed E-state index contributed by atoms with van der Waals surface area (Å²) in [5.41, 5.74) is 2.08. The fourth-order valence-electron chi connectivity index (χ4n) is 4.55. The second-order valence-electron chi connectivity index (χ2n) is 7.81. The number of para-hydroxylation sites is 1. The lowest BCUT2D eigenvalue weighted by Crippen LogP contribution is -2.68. The summed E-state index contributed by atoms with van der Waals surface area (Å²) in [5, 5.41) is 14.3. The van der Waals surface area contributed by atoms with Crippen molar-refractivity contribution in [2.75, 3.05) is 26.2 Å². The van der Waals surface area contributed by atoms with Crippen LogP contribution in [0.15, 0.2) is 42.7 Å². The maximum atomic E-state index is 12.9. The predicted octanol–water partition coefficient (Wildman–Crippen LogP) is -0.139. The molecule has 1 aromatic carbocycles. The molecular weight excluding hydrogens is 358 g/mol. The van der Waals surface area contributed by atoms with Gasteiger partial charge in [-0.2, -0.15) is 5.10 Å². The van der Waals surface area contributed by atoms with Crippen molar-refractivity contribution in [2.24, 2.45) is 0 Å². The summed E-state index contributed by atoms with van der Waals surface area (Å²) in [6, 6.07) is 9.00. The molecule has 3 fully saturated rings. The molecule has 1 aromatic heterocycles. The maximum absolute atomic E-state index is 12.9. The van der Waals surface area contributed by atoms with E-state index in [0.29, 0.717) is 26.1 Å². The van der Waals surface area contributed by atoms with Gasteiger partial charge in [0.1, 0.15) is 12.1 Å². The van der Waals surface area contributed by atoms with Crippen LogP contribution in [-0.4, -0.2) is 85.8 Å². The van der Waals surface area contributed by atoms with Gasteiger partial charge in [0, 0.05) is 50.9 Å². The molecular formula is C20H23N5O3. The summed E-state index contributed by atoms with van der Waals surface area (Å²) in [7, 11) is 0. The molecule has 0 spiro atoms. The van der Waals surface area contributed by atoms with Gasteiger partial charge in [0.05, 0.1) is 18.0 Å². The number of aromatic nitrogens is 2. The standard InChI is InChI=1S/C20H23N5O3/c26-16-8-17-19(27)23-7-6-22(13-18(23)20(28)24(17)12-16)10-14-9-21-25(11-14)15-4-2-1-3-5-15/h1-5,9,11,16-18,26H,6-8,10,12-13H2/t16-,17+,18-/m1/s1. The summed E-state index contributed by atoms with van der Waals surface area (Å²) in [6.07, 6.45) is 3.61. The van der Waals surface area contributed by atoms with E-state index in [1.165, 1.54) is 0 Å². The van der Waals surface area contributed by atoms with Gasteiger partial charge in [-0.1, -0.05) is 18.2 Å². The van der Waals surface area contributed by atoms with Gasteiger partial charge in [-0.25, -0.2) is 4.68 Å². The topological polar surface area (TPSA) is 81.9 Å². The zero-order valence-corrected chi connectivity index (χ0v) is 15.5. The third-order valence-electron chi connectivity index (χ3n) is 5.94. The number of rotatable bonds is 3. The Balaban J connectivity index is 1.29. The molecule has 3 aliphatic heterocycles. The van der Waals surface area contributed by atoms with Crippen molar-refractivity contribution in [3.05, 3.63) is 48.3 Å². The lowest BCUT2D eigenvalue weighted by Gasteiger charge is -2.47. The van der Waals surface area contributed by atoms with Crippen LogP contribution in [0.25, 0.3) is 5.69 Å². The first-order chi connectivity index (χ1) is 13.6. The number of benzene rings is 1. The van der Waals surface area contributed by atoms with Crippen LogP contribution in [0.4, 0.5) is 0 Å². The molecule has 0 bridgehead atoms. The number of carbonyl (C=O) groups is 2. The SMILES string of the molecule is O=C1[C@@H]2C[C@@H](O)CN2C(=O)[C@H]2CN(Cc3cnn(-c4ccccc4)c3)CCN12. The molecule has 2 aromatic rings. The van der Waals surface area contributed by atoms with Crippen molar-refractivity contribution in [1.82, 2.24) is 24.5 Å². The summed E-state index contributed by atoms with van der Waals surface area (Å²) < 4.78 is 1.84. The van der Waals surface area contributed by atoms with Crippen molar-refractivity contribution in [1.29, 1.82) is 0 Å². The second kappa shape index (κ2) is 6.72. The zero-order valence-electron chi connectivity index (χ0n) is 15.5. The van der Waals surface area contributed by atoms with Crippen LogP contribution in [0.3, 0.4) is 0 Å². The molecule has 5 rings (SSSR count). The van der Waals surface area contributed by atoms with Crippen molar-refractivity contribution in [3.63, 3.8) is 0 Å². The van der Waals surface area contributed by atoms with Crippen LogP contribution in [-0.2, 0) is 16.1 Å². The number of piperazine rings is 2. The van der Waals surface area contributed by atoms with Gasteiger partial charge < -0.3 is 14.9 Å². The van der Waals surface area contributed by atoms with Gasteiger partial charge in [0.2, 0.25) is 11.8 Å². The molecule has 0 saturated carbocycles. The normalized spacial score (nSPS) is 27.8. The van der Waals surface area contributed by atoms with Crippen molar-refractivity contribution >= 4 is 11.8 Å². The first-order valence-corrected chi connectivity index (χ1v) is 9.70. The number of hydrogen-bond donors (Lipinski definition) is 1. The molecule has 146 valence electrons. The number of carbonyl (C=O) groups excluding carboxylic acids is 2. The smallest absolute Gasteiger partial charge is 0.247 e. The Bertz CT molecular complexity index is 898. The highest BCUT2D eigenvalue weighted by Gasteiger charge is 2.51. The minimum atomic E-state index is -0.598. The summed E-state index contributed by atoms with van der Waals surface area (Å²) >= 11 is 0. The Morgan fingerprint density at radius 1 is 1.00 bits per heavy atom. The van der Waals surface area contributed by atoms with Crippen LogP contribution < -0.4 is 0 Å². The highest BCUT2D eigenvalue weighted by molar-refractivity contribution is 5.97. The second-order valence-corrected chi connectivity index (χ2v) is 7.81. The van der Waals surface area contributed by atoms with Gasteiger partial charge in [0.25, 0.3) is 0 Å². The minimum absolute atomic E-state index is 0.0160. The summed E-state index contributed by atoms with van der Waals surface area (Å²) in [6.45, 7) is 2.73. The Kier molecular flexibility index (Phi) is 4.17. The third-order valence-corrected chi connectivity index (χ3v) is 5.94. The molecule has 8 heteroatoms. The summed E-state index contributed by atoms with van der Waals surface area (Å²) in [5.74, 6) is -0.0523. The number of aliphatic hydroxyl groups excluding tert-OH is 1. The molecule has 0 unspecified atom stereocenters. The minimum Gasteiger partial charge on any atom is -0.391 e. The lowest BCUT2D eigenvalue weighted by atomic mass is 10.0. The average Bonchev–Trinajstić information content (AvgIpc) is 3.34. The Morgan fingerprint density at radius 3 is 2.61 bits per heavy atom. The fourth-order valence-corrected chi connectivity index (χ4v) is 4.55. The number of nitrogens with zero attached hydrogens (tertiary/aromatic N) is 5. The highest BCUT2D eigenvalue weighted by atomic mass is 16.3. The molecule has 3 aliphatic rings. The predicted molar refractivity (Wildman–Crippen MR) is 100 cm³/mol. The van der Waals surface area contributed by atoms with Gasteiger partial charge in [-0.15, -0.1) is 0 Å². The molecule has 0 aliphatic carbocycles. The van der Waals surface area contributed by atoms with Crippen LogP contribution >= 0.6 is 0 Å². The van der Waals surface area contributed by atoms with Crippen molar-refractivity contribution < 1.29 is 14.7 Å². The number of hydrogen-bond acceptors (Lipinski definition) is 5. The fraction of sp³-hybridized carbons (Fsp3) is 0.450. The van der Waals surface area contributed by atoms with E-state index >= 15 is 0 Å². The van der Waals surface area contributed by atoms with Crippen LogP contribution in [0.5, 0.6) is 0 Å². The van der Waals surface area contributed by atoms with E-state index in [2.05, 4.69) is 10.00 Å². The Hall–Kier alpha value is -2.71. The molecule has 3 atom stereocenters. The molecule has 2 amide bonds. The first-order valence-electron chi connectivity index (χ1n) is 9.70. The van der Waals surface area contributed by atoms with Crippen LogP contribution in [0, 0.1) is 0 Å². The largest absolute Gasteiger partial charge is 0.391 e. The Labute approximate surface area is 162 Å². The van der Waals surface area contributed by atoms with E-state index in [9.17, 15) is 14.7 Å². The van der Waals surface area contributed by atoms with E-state index in [4.69, 9.17) is 0 Å². The molecule has 8 nitrogen and oxygen atoms in total. The highest BCUT2D eigenvalue weighted by Crippen LogP contribution is 2.29. The average molecular weight is 381 g/mol. The van der Waals surface area contributed by atoms with E-state index in [1.54, 1.807) is 9.80 Å². The van der Waals surface area contributed by atoms with Gasteiger partial charge in [0.15, 0.2) is 0 Å². The molecule has 0 radical (unpaired) electrons. The van der Waals surface area contributed by atoms with Crippen molar-refractivity contribution in [3.8, 4) is 5.69 Å². The van der Waals surface area contributed by atoms with E-state index in [0.717, 1.165) is 17.8 Å². The number of aliphatic hydroxyl groups is 1. The van der Waals surface area contributed by atoms with Gasteiger partial charge in [-0.05, 0) is 12.1 Å². The molecule has 4 heterocycles. The Morgan fingerprint density at radius 2 is 1.79 bits per heavy atom. The van der Waals surface area contributed by atoms with Crippen molar-refractivity contribution in [2.45, 2.75) is 31.2 Å². The van der Waals surface area contributed by atoms with Crippen LogP contribution in [0.1, 0.15) is 12.0 Å². The van der Waals surface area contributed by atoms with E-state index in [1.807, 2.05) is 47.4 Å². The maximum Gasteiger partial charge on any atom is 0.247 e. The van der Waals surface area contributed by atoms with Gasteiger partial charge in [-0.3, -0.25) is 14.5 Å². The molecule has 28 heavy (non-hydrogen) atoms. The molecule has 1 N–H and O–H groups in total. The number of fused-ring (bicyclic) bond motifs is 2. The zero-order chi connectivity index (χ0) is 19.3. The third kappa shape index (κ3) is 2.89. The monoisotopic (exact) mass is 381 g/mol. The number of amides is 2. The quantitative estimate of drug-likeness (QED) is 0.800. The van der Waals surface area contributed by atoms with E-state index < -0.39 is 18.2 Å². The van der Waals surface area contributed by atoms with E-state index in [-0.39, 0.29) is 18.4 Å². The summed E-state index contributed by atoms with van der Waals surface area (Å²) in [4.78, 5) is 31.1. The van der Waals surface area contributed by atoms with Crippen LogP contribution in [0.2, 0.25) is 0 Å². The first kappa shape index (κ1) is 17.4. The lowest BCUT2D eigenvalue weighted by molar-refractivity contribution is -0.163.